The molecule has 1 unspecified atom stereocenters. The van der Waals surface area contributed by atoms with E-state index in [0.29, 0.717) is 39.3 Å². The average Bonchev–Trinajstić information content (AvgIpc) is 2.38. The first-order valence-electron chi connectivity index (χ1n) is 6.36. The van der Waals surface area contributed by atoms with E-state index in [-0.39, 0.29) is 6.03 Å². The lowest BCUT2D eigenvalue weighted by Crippen LogP contribution is -2.48. The van der Waals surface area contributed by atoms with Gasteiger partial charge in [-0.1, -0.05) is 0 Å². The first-order chi connectivity index (χ1) is 8.56. The molecular weight excluding hydrogens is 236 g/mol. The molecule has 18 heavy (non-hydrogen) atoms. The van der Waals surface area contributed by atoms with Crippen molar-refractivity contribution in [3.63, 3.8) is 0 Å². The quantitative estimate of drug-likeness (QED) is 0.743. The van der Waals surface area contributed by atoms with Crippen LogP contribution >= 0.6 is 0 Å². The summed E-state index contributed by atoms with van der Waals surface area (Å²) >= 11 is 0. The molecule has 1 fully saturated rings. The van der Waals surface area contributed by atoms with E-state index in [2.05, 4.69) is 0 Å². The SMILES string of the molecule is CCOCCN(C)C(=O)N1CCCC(C(=O)O)C1. The van der Waals surface area contributed by atoms with Crippen LogP contribution in [0.2, 0.25) is 0 Å². The maximum atomic E-state index is 12.1. The Morgan fingerprint density at radius 2 is 2.22 bits per heavy atom. The summed E-state index contributed by atoms with van der Waals surface area (Å²) in [5.41, 5.74) is 0. The zero-order valence-corrected chi connectivity index (χ0v) is 11.1. The summed E-state index contributed by atoms with van der Waals surface area (Å²) in [6.45, 7) is 4.53. The van der Waals surface area contributed by atoms with E-state index in [9.17, 15) is 9.59 Å². The van der Waals surface area contributed by atoms with Crippen molar-refractivity contribution in [1.82, 2.24) is 9.80 Å². The minimum absolute atomic E-state index is 0.111. The molecule has 6 nitrogen and oxygen atoms in total. The molecule has 1 aliphatic heterocycles. The first-order valence-corrected chi connectivity index (χ1v) is 6.36. The molecule has 0 aromatic rings. The zero-order valence-electron chi connectivity index (χ0n) is 11.1. The number of likely N-dealkylation sites (tertiary alicyclic amines) is 1. The molecule has 1 N–H and O–H groups in total. The minimum Gasteiger partial charge on any atom is -0.481 e. The third kappa shape index (κ3) is 4.18. The molecule has 104 valence electrons. The van der Waals surface area contributed by atoms with E-state index in [1.165, 1.54) is 0 Å². The number of hydrogen-bond donors (Lipinski definition) is 1. The van der Waals surface area contributed by atoms with Crippen LogP contribution in [0.4, 0.5) is 4.79 Å². The van der Waals surface area contributed by atoms with Crippen molar-refractivity contribution in [1.29, 1.82) is 0 Å². The zero-order chi connectivity index (χ0) is 13.5. The summed E-state index contributed by atoms with van der Waals surface area (Å²) < 4.78 is 5.19. The number of rotatable bonds is 5. The fourth-order valence-corrected chi connectivity index (χ4v) is 2.04. The summed E-state index contributed by atoms with van der Waals surface area (Å²) in [7, 11) is 1.71. The van der Waals surface area contributed by atoms with E-state index >= 15 is 0 Å². The minimum atomic E-state index is -0.815. The molecule has 1 aliphatic rings. The summed E-state index contributed by atoms with van der Waals surface area (Å²) in [4.78, 5) is 26.2. The number of piperidine rings is 1. The molecule has 2 amide bonds. The second kappa shape index (κ2) is 7.20. The predicted molar refractivity (Wildman–Crippen MR) is 66.5 cm³/mol. The molecule has 0 aromatic carbocycles. The Morgan fingerprint density at radius 3 is 2.83 bits per heavy atom. The fourth-order valence-electron chi connectivity index (χ4n) is 2.04. The molecule has 1 rings (SSSR count). The molecule has 6 heteroatoms. The molecule has 1 saturated heterocycles. The van der Waals surface area contributed by atoms with Gasteiger partial charge in [-0.05, 0) is 19.8 Å². The molecule has 0 aliphatic carbocycles. The maximum Gasteiger partial charge on any atom is 0.319 e. The van der Waals surface area contributed by atoms with Gasteiger partial charge in [-0.15, -0.1) is 0 Å². The number of carbonyl (C=O) groups excluding carboxylic acids is 1. The van der Waals surface area contributed by atoms with Gasteiger partial charge in [-0.3, -0.25) is 4.79 Å². The second-order valence-corrected chi connectivity index (χ2v) is 4.52. The van der Waals surface area contributed by atoms with Crippen molar-refractivity contribution in [3.8, 4) is 0 Å². The standard InChI is InChI=1S/C12H22N2O4/c1-3-18-8-7-13(2)12(17)14-6-4-5-10(9-14)11(15)16/h10H,3-9H2,1-2H3,(H,15,16). The third-order valence-corrected chi connectivity index (χ3v) is 3.14. The van der Waals surface area contributed by atoms with Crippen LogP contribution in [0.5, 0.6) is 0 Å². The van der Waals surface area contributed by atoms with Gasteiger partial charge < -0.3 is 19.6 Å². The molecule has 0 saturated carbocycles. The van der Waals surface area contributed by atoms with Crippen LogP contribution in [0.25, 0.3) is 0 Å². The lowest BCUT2D eigenvalue weighted by Gasteiger charge is -2.33. The third-order valence-electron chi connectivity index (χ3n) is 3.14. The fraction of sp³-hybridized carbons (Fsp3) is 0.833. The van der Waals surface area contributed by atoms with Crippen molar-refractivity contribution >= 4 is 12.0 Å². The Balaban J connectivity index is 2.42. The van der Waals surface area contributed by atoms with E-state index in [1.807, 2.05) is 6.92 Å². The van der Waals surface area contributed by atoms with Gasteiger partial charge in [0.15, 0.2) is 0 Å². The summed E-state index contributed by atoms with van der Waals surface area (Å²) in [5.74, 6) is -1.24. The number of hydrogen-bond acceptors (Lipinski definition) is 3. The van der Waals surface area contributed by atoms with Gasteiger partial charge in [0.25, 0.3) is 0 Å². The smallest absolute Gasteiger partial charge is 0.319 e. The van der Waals surface area contributed by atoms with E-state index in [0.717, 1.165) is 6.42 Å². The Morgan fingerprint density at radius 1 is 1.50 bits per heavy atom. The number of carboxylic acids is 1. The van der Waals surface area contributed by atoms with Crippen LogP contribution in [0.3, 0.4) is 0 Å². The molecule has 1 atom stereocenters. The molecule has 0 bridgehead atoms. The van der Waals surface area contributed by atoms with E-state index in [1.54, 1.807) is 16.8 Å². The molecule has 1 heterocycles. The van der Waals surface area contributed by atoms with Gasteiger partial charge in [0.1, 0.15) is 0 Å². The Hall–Kier alpha value is -1.30. The number of nitrogens with zero attached hydrogens (tertiary/aromatic N) is 2. The Kier molecular flexibility index (Phi) is 5.91. The molecule has 0 aromatic heterocycles. The summed E-state index contributed by atoms with van der Waals surface area (Å²) in [6.07, 6.45) is 1.41. The maximum absolute atomic E-state index is 12.1. The number of aliphatic carboxylic acids is 1. The lowest BCUT2D eigenvalue weighted by molar-refractivity contribution is -0.143. The monoisotopic (exact) mass is 258 g/mol. The average molecular weight is 258 g/mol. The summed E-state index contributed by atoms with van der Waals surface area (Å²) in [6, 6.07) is -0.111. The van der Waals surface area contributed by atoms with Gasteiger partial charge in [-0.2, -0.15) is 0 Å². The van der Waals surface area contributed by atoms with Gasteiger partial charge in [0.2, 0.25) is 0 Å². The number of ether oxygens (including phenoxy) is 1. The van der Waals surface area contributed by atoms with Crippen molar-refractivity contribution in [2.75, 3.05) is 39.9 Å². The largest absolute Gasteiger partial charge is 0.481 e. The van der Waals surface area contributed by atoms with Crippen LogP contribution < -0.4 is 0 Å². The highest BCUT2D eigenvalue weighted by Gasteiger charge is 2.29. The highest BCUT2D eigenvalue weighted by atomic mass is 16.5. The predicted octanol–water partition coefficient (Wildman–Crippen LogP) is 0.871. The van der Waals surface area contributed by atoms with Gasteiger partial charge in [0.05, 0.1) is 12.5 Å². The Bertz CT molecular complexity index is 296. The van der Waals surface area contributed by atoms with Crippen LogP contribution in [-0.4, -0.2) is 66.8 Å². The summed E-state index contributed by atoms with van der Waals surface area (Å²) in [5, 5.41) is 8.98. The number of carbonyl (C=O) groups is 2. The van der Waals surface area contributed by atoms with Crippen LogP contribution in [-0.2, 0) is 9.53 Å². The van der Waals surface area contributed by atoms with E-state index < -0.39 is 11.9 Å². The molecular formula is C12H22N2O4. The van der Waals surface area contributed by atoms with Crippen LogP contribution in [0.1, 0.15) is 19.8 Å². The molecule has 0 radical (unpaired) electrons. The van der Waals surface area contributed by atoms with Crippen molar-refractivity contribution < 1.29 is 19.4 Å². The van der Waals surface area contributed by atoms with Crippen LogP contribution in [0.15, 0.2) is 0 Å². The van der Waals surface area contributed by atoms with Crippen molar-refractivity contribution in [2.24, 2.45) is 5.92 Å². The topological polar surface area (TPSA) is 70.1 Å². The number of urea groups is 1. The first kappa shape index (κ1) is 14.8. The number of amides is 2. The number of carboxylic acid groups (broad SMARTS) is 1. The second-order valence-electron chi connectivity index (χ2n) is 4.52. The molecule has 0 spiro atoms. The normalized spacial score (nSPS) is 19.7. The lowest BCUT2D eigenvalue weighted by atomic mass is 9.99. The van der Waals surface area contributed by atoms with Gasteiger partial charge in [0, 0.05) is 33.3 Å². The van der Waals surface area contributed by atoms with Crippen molar-refractivity contribution in [3.05, 3.63) is 0 Å². The number of likely N-dealkylation sites (N-methyl/N-ethyl adjacent to an activating group) is 1. The highest BCUT2D eigenvalue weighted by Crippen LogP contribution is 2.17. The van der Waals surface area contributed by atoms with Gasteiger partial charge >= 0.3 is 12.0 Å². The van der Waals surface area contributed by atoms with Crippen LogP contribution in [0, 0.1) is 5.92 Å². The van der Waals surface area contributed by atoms with Crippen molar-refractivity contribution in [2.45, 2.75) is 19.8 Å². The van der Waals surface area contributed by atoms with E-state index in [4.69, 9.17) is 9.84 Å². The highest BCUT2D eigenvalue weighted by molar-refractivity contribution is 5.76. The van der Waals surface area contributed by atoms with Gasteiger partial charge in [-0.25, -0.2) is 4.79 Å². The Labute approximate surface area is 107 Å².